The highest BCUT2D eigenvalue weighted by atomic mass is 16.4. The van der Waals surface area contributed by atoms with E-state index in [2.05, 4.69) is 27.7 Å². The average molecular weight is 331 g/mol. The molecule has 1 atom stereocenters. The second kappa shape index (κ2) is 7.37. The monoisotopic (exact) mass is 331 g/mol. The molecule has 1 fully saturated rings. The van der Waals surface area contributed by atoms with Gasteiger partial charge in [-0.1, -0.05) is 52.0 Å². The number of amides is 1. The molecule has 132 valence electrons. The highest BCUT2D eigenvalue weighted by Crippen LogP contribution is 2.27. The predicted molar refractivity (Wildman–Crippen MR) is 95.1 cm³/mol. The van der Waals surface area contributed by atoms with Crippen LogP contribution in [0.25, 0.3) is 0 Å². The minimum absolute atomic E-state index is 0.0254. The van der Waals surface area contributed by atoms with E-state index >= 15 is 0 Å². The number of nitrogens with zero attached hydrogens (tertiary/aromatic N) is 1. The molecule has 1 aromatic carbocycles. The molecule has 4 heteroatoms. The number of rotatable bonds is 4. The third kappa shape index (κ3) is 4.59. The number of carbonyl (C=O) groups is 2. The summed E-state index contributed by atoms with van der Waals surface area (Å²) in [4.78, 5) is 26.0. The Morgan fingerprint density at radius 2 is 1.71 bits per heavy atom. The summed E-state index contributed by atoms with van der Waals surface area (Å²) in [6, 6.07) is 7.65. The fraction of sp³-hybridized carbons (Fsp3) is 0.600. The zero-order valence-corrected chi connectivity index (χ0v) is 15.2. The number of benzene rings is 1. The van der Waals surface area contributed by atoms with Gasteiger partial charge in [-0.25, -0.2) is 0 Å². The van der Waals surface area contributed by atoms with Crippen molar-refractivity contribution in [2.24, 2.45) is 5.92 Å². The number of hydrogen-bond acceptors (Lipinski definition) is 2. The lowest BCUT2D eigenvalue weighted by molar-refractivity contribution is -0.143. The molecule has 1 unspecified atom stereocenters. The van der Waals surface area contributed by atoms with Crippen molar-refractivity contribution in [2.75, 3.05) is 13.1 Å². The summed E-state index contributed by atoms with van der Waals surface area (Å²) in [5.74, 6) is -1.11. The molecule has 1 amide bonds. The Kier molecular flexibility index (Phi) is 5.68. The largest absolute Gasteiger partial charge is 0.481 e. The standard InChI is InChI=1S/C20H29NO3/c1-14-9-11-21(12-10-14)18(22)13-17(19(23)24)15-5-7-16(8-6-15)20(2,3)4/h5-8,14,17H,9-13H2,1-4H3,(H,23,24). The Bertz CT molecular complexity index is 578. The number of aliphatic carboxylic acids is 1. The number of carbonyl (C=O) groups excluding carboxylic acids is 1. The van der Waals surface area contributed by atoms with E-state index in [4.69, 9.17) is 0 Å². The van der Waals surface area contributed by atoms with Gasteiger partial charge in [0, 0.05) is 19.5 Å². The van der Waals surface area contributed by atoms with Crippen molar-refractivity contribution in [1.29, 1.82) is 0 Å². The van der Waals surface area contributed by atoms with Gasteiger partial charge in [0.2, 0.25) is 5.91 Å². The molecule has 2 rings (SSSR count). The average Bonchev–Trinajstić information content (AvgIpc) is 2.52. The molecule has 1 heterocycles. The fourth-order valence-corrected chi connectivity index (χ4v) is 3.12. The van der Waals surface area contributed by atoms with Crippen molar-refractivity contribution >= 4 is 11.9 Å². The Hall–Kier alpha value is -1.84. The first-order valence-electron chi connectivity index (χ1n) is 8.79. The van der Waals surface area contributed by atoms with Crippen LogP contribution in [0, 0.1) is 5.92 Å². The third-order valence-corrected chi connectivity index (χ3v) is 4.99. The van der Waals surface area contributed by atoms with Gasteiger partial charge >= 0.3 is 5.97 Å². The first-order valence-corrected chi connectivity index (χ1v) is 8.79. The van der Waals surface area contributed by atoms with Crippen molar-refractivity contribution in [2.45, 2.75) is 58.3 Å². The maximum absolute atomic E-state index is 12.5. The predicted octanol–water partition coefficient (Wildman–Crippen LogP) is 3.80. The molecule has 4 nitrogen and oxygen atoms in total. The van der Waals surface area contributed by atoms with Crippen molar-refractivity contribution in [1.82, 2.24) is 4.90 Å². The molecular weight excluding hydrogens is 302 g/mol. The van der Waals surface area contributed by atoms with E-state index in [1.165, 1.54) is 0 Å². The van der Waals surface area contributed by atoms with E-state index in [1.807, 2.05) is 29.2 Å². The summed E-state index contributed by atoms with van der Waals surface area (Å²) in [5.41, 5.74) is 1.89. The van der Waals surface area contributed by atoms with Crippen LogP contribution in [0.1, 0.15) is 64.0 Å². The van der Waals surface area contributed by atoms with Crippen LogP contribution in [0.5, 0.6) is 0 Å². The Morgan fingerprint density at radius 3 is 2.17 bits per heavy atom. The topological polar surface area (TPSA) is 57.6 Å². The van der Waals surface area contributed by atoms with Gasteiger partial charge in [0.15, 0.2) is 0 Å². The molecule has 0 aromatic heterocycles. The highest BCUT2D eigenvalue weighted by Gasteiger charge is 2.28. The number of carboxylic acid groups (broad SMARTS) is 1. The Balaban J connectivity index is 2.09. The van der Waals surface area contributed by atoms with E-state index in [0.717, 1.165) is 31.5 Å². The van der Waals surface area contributed by atoms with Crippen LogP contribution in [0.15, 0.2) is 24.3 Å². The molecule has 0 saturated carbocycles. The zero-order valence-electron chi connectivity index (χ0n) is 15.2. The molecule has 1 saturated heterocycles. The van der Waals surface area contributed by atoms with Gasteiger partial charge in [-0.2, -0.15) is 0 Å². The van der Waals surface area contributed by atoms with Gasteiger partial charge in [0.25, 0.3) is 0 Å². The SMILES string of the molecule is CC1CCN(C(=O)CC(C(=O)O)c2ccc(C(C)(C)C)cc2)CC1. The molecule has 1 N–H and O–H groups in total. The van der Waals surface area contributed by atoms with E-state index < -0.39 is 11.9 Å². The van der Waals surface area contributed by atoms with Crippen LogP contribution in [0.4, 0.5) is 0 Å². The molecule has 1 aliphatic heterocycles. The van der Waals surface area contributed by atoms with Crippen LogP contribution < -0.4 is 0 Å². The molecular formula is C20H29NO3. The van der Waals surface area contributed by atoms with Crippen molar-refractivity contribution in [3.63, 3.8) is 0 Å². The smallest absolute Gasteiger partial charge is 0.311 e. The number of likely N-dealkylation sites (tertiary alicyclic amines) is 1. The van der Waals surface area contributed by atoms with Crippen LogP contribution in [-0.2, 0) is 15.0 Å². The summed E-state index contributed by atoms with van der Waals surface area (Å²) < 4.78 is 0. The van der Waals surface area contributed by atoms with Gasteiger partial charge in [-0.05, 0) is 35.3 Å². The minimum atomic E-state index is -0.933. The van der Waals surface area contributed by atoms with Gasteiger partial charge in [-0.3, -0.25) is 9.59 Å². The molecule has 0 bridgehead atoms. The molecule has 0 aliphatic carbocycles. The van der Waals surface area contributed by atoms with Gasteiger partial charge in [-0.15, -0.1) is 0 Å². The maximum Gasteiger partial charge on any atom is 0.311 e. The van der Waals surface area contributed by atoms with E-state index in [-0.39, 0.29) is 17.7 Å². The second-order valence-electron chi connectivity index (χ2n) is 8.03. The van der Waals surface area contributed by atoms with E-state index in [1.54, 1.807) is 0 Å². The molecule has 24 heavy (non-hydrogen) atoms. The normalized spacial score (nSPS) is 17.6. The lowest BCUT2D eigenvalue weighted by atomic mass is 9.85. The summed E-state index contributed by atoms with van der Waals surface area (Å²) in [6.07, 6.45) is 2.05. The van der Waals surface area contributed by atoms with Gasteiger partial charge in [0.05, 0.1) is 5.92 Å². The molecule has 0 spiro atoms. The summed E-state index contributed by atoms with van der Waals surface area (Å²) in [6.45, 7) is 10.1. The molecule has 1 aliphatic rings. The summed E-state index contributed by atoms with van der Waals surface area (Å²) in [7, 11) is 0. The summed E-state index contributed by atoms with van der Waals surface area (Å²) >= 11 is 0. The zero-order chi connectivity index (χ0) is 17.9. The fourth-order valence-electron chi connectivity index (χ4n) is 3.12. The summed E-state index contributed by atoms with van der Waals surface area (Å²) in [5, 5.41) is 9.57. The van der Waals surface area contributed by atoms with Crippen LogP contribution in [0.2, 0.25) is 0 Å². The third-order valence-electron chi connectivity index (χ3n) is 4.99. The van der Waals surface area contributed by atoms with Crippen LogP contribution >= 0.6 is 0 Å². The van der Waals surface area contributed by atoms with Crippen molar-refractivity contribution in [3.8, 4) is 0 Å². The lowest BCUT2D eigenvalue weighted by Gasteiger charge is -2.31. The van der Waals surface area contributed by atoms with Gasteiger partial charge < -0.3 is 10.0 Å². The van der Waals surface area contributed by atoms with Gasteiger partial charge in [0.1, 0.15) is 0 Å². The van der Waals surface area contributed by atoms with E-state index in [9.17, 15) is 14.7 Å². The van der Waals surface area contributed by atoms with Crippen LogP contribution in [0.3, 0.4) is 0 Å². The highest BCUT2D eigenvalue weighted by molar-refractivity contribution is 5.85. The van der Waals surface area contributed by atoms with Crippen LogP contribution in [-0.4, -0.2) is 35.0 Å². The Labute approximate surface area is 144 Å². The maximum atomic E-state index is 12.5. The van der Waals surface area contributed by atoms with E-state index in [0.29, 0.717) is 11.5 Å². The molecule has 1 aromatic rings. The van der Waals surface area contributed by atoms with Crippen molar-refractivity contribution < 1.29 is 14.7 Å². The number of hydrogen-bond donors (Lipinski definition) is 1. The molecule has 0 radical (unpaired) electrons. The first-order chi connectivity index (χ1) is 11.2. The minimum Gasteiger partial charge on any atom is -0.481 e. The number of piperidine rings is 1. The first kappa shape index (κ1) is 18.5. The van der Waals surface area contributed by atoms with Crippen molar-refractivity contribution in [3.05, 3.63) is 35.4 Å². The lowest BCUT2D eigenvalue weighted by Crippen LogP contribution is -2.39. The Morgan fingerprint density at radius 1 is 1.17 bits per heavy atom. The second-order valence-corrected chi connectivity index (χ2v) is 8.03. The quantitative estimate of drug-likeness (QED) is 0.913. The number of carboxylic acids is 1.